The van der Waals surface area contributed by atoms with Gasteiger partial charge in [0.2, 0.25) is 5.91 Å². The van der Waals surface area contributed by atoms with Gasteiger partial charge in [-0.1, -0.05) is 36.4 Å². The molecule has 0 spiro atoms. The van der Waals surface area contributed by atoms with E-state index in [4.69, 9.17) is 10.5 Å². The van der Waals surface area contributed by atoms with Crippen molar-refractivity contribution in [2.45, 2.75) is 19.1 Å². The molecule has 1 aromatic carbocycles. The first-order chi connectivity index (χ1) is 11.1. The third-order valence-corrected chi connectivity index (χ3v) is 3.14. The summed E-state index contributed by atoms with van der Waals surface area (Å²) in [7, 11) is 0. The van der Waals surface area contributed by atoms with E-state index in [0.29, 0.717) is 6.42 Å². The Morgan fingerprint density at radius 2 is 1.87 bits per heavy atom. The van der Waals surface area contributed by atoms with E-state index in [1.807, 2.05) is 36.4 Å². The van der Waals surface area contributed by atoms with E-state index in [1.54, 1.807) is 18.3 Å². The average molecular weight is 313 g/mol. The Morgan fingerprint density at radius 1 is 1.13 bits per heavy atom. The van der Waals surface area contributed by atoms with E-state index in [1.165, 1.54) is 0 Å². The van der Waals surface area contributed by atoms with Crippen molar-refractivity contribution in [3.8, 4) is 0 Å². The molecule has 0 radical (unpaired) electrons. The van der Waals surface area contributed by atoms with Gasteiger partial charge in [-0.05, 0) is 17.7 Å². The lowest BCUT2D eigenvalue weighted by atomic mass is 10.1. The van der Waals surface area contributed by atoms with Gasteiger partial charge >= 0.3 is 5.97 Å². The summed E-state index contributed by atoms with van der Waals surface area (Å²) < 4.78 is 5.07. The van der Waals surface area contributed by atoms with Crippen LogP contribution in [0.3, 0.4) is 0 Å². The van der Waals surface area contributed by atoms with Crippen molar-refractivity contribution in [2.24, 2.45) is 5.73 Å². The van der Waals surface area contributed by atoms with Gasteiger partial charge in [-0.2, -0.15) is 0 Å². The van der Waals surface area contributed by atoms with Crippen molar-refractivity contribution in [1.82, 2.24) is 10.3 Å². The van der Waals surface area contributed by atoms with Gasteiger partial charge in [-0.25, -0.2) is 0 Å². The number of pyridine rings is 1. The number of nitrogens with zero attached hydrogens (tertiary/aromatic N) is 1. The van der Waals surface area contributed by atoms with Crippen LogP contribution in [0, 0.1) is 0 Å². The molecule has 23 heavy (non-hydrogen) atoms. The molecule has 0 bridgehead atoms. The molecule has 0 saturated heterocycles. The summed E-state index contributed by atoms with van der Waals surface area (Å²) in [5.74, 6) is -0.917. The average Bonchev–Trinajstić information content (AvgIpc) is 2.59. The summed E-state index contributed by atoms with van der Waals surface area (Å²) in [5, 5.41) is 2.47. The maximum atomic E-state index is 11.9. The maximum absolute atomic E-state index is 11.9. The van der Waals surface area contributed by atoms with Gasteiger partial charge < -0.3 is 15.8 Å². The molecule has 1 aromatic heterocycles. The number of ether oxygens (including phenoxy) is 1. The highest BCUT2D eigenvalue weighted by atomic mass is 16.5. The van der Waals surface area contributed by atoms with Gasteiger partial charge in [-0.3, -0.25) is 14.6 Å². The van der Waals surface area contributed by atoms with Crippen molar-refractivity contribution in [3.05, 3.63) is 66.0 Å². The van der Waals surface area contributed by atoms with E-state index in [0.717, 1.165) is 11.3 Å². The fourth-order valence-electron chi connectivity index (χ4n) is 1.92. The number of carbonyl (C=O) groups is 2. The molecule has 0 aliphatic heterocycles. The van der Waals surface area contributed by atoms with Crippen molar-refractivity contribution in [2.75, 3.05) is 6.54 Å². The summed E-state index contributed by atoms with van der Waals surface area (Å²) in [4.78, 5) is 27.6. The summed E-state index contributed by atoms with van der Waals surface area (Å²) in [6.45, 7) is -0.0306. The molecule has 0 aliphatic carbocycles. The highest BCUT2D eigenvalue weighted by molar-refractivity contribution is 5.85. The molecular weight excluding hydrogens is 294 g/mol. The minimum absolute atomic E-state index is 0.176. The number of benzene rings is 1. The van der Waals surface area contributed by atoms with Crippen LogP contribution in [0.25, 0.3) is 0 Å². The van der Waals surface area contributed by atoms with Crippen LogP contribution in [0.15, 0.2) is 54.7 Å². The maximum Gasteiger partial charge on any atom is 0.325 e. The number of esters is 1. The first-order valence-corrected chi connectivity index (χ1v) is 7.28. The Bertz CT molecular complexity index is 632. The van der Waals surface area contributed by atoms with Gasteiger partial charge in [0.25, 0.3) is 0 Å². The molecule has 2 rings (SSSR count). The van der Waals surface area contributed by atoms with Crippen LogP contribution < -0.4 is 11.1 Å². The van der Waals surface area contributed by atoms with Crippen molar-refractivity contribution < 1.29 is 14.3 Å². The molecule has 0 saturated carbocycles. The van der Waals surface area contributed by atoms with Crippen LogP contribution in [0.1, 0.15) is 11.3 Å². The Balaban J connectivity index is 1.70. The van der Waals surface area contributed by atoms with Crippen LogP contribution in [0.4, 0.5) is 0 Å². The van der Waals surface area contributed by atoms with Gasteiger partial charge in [0.1, 0.15) is 13.2 Å². The second-order valence-electron chi connectivity index (χ2n) is 5.00. The van der Waals surface area contributed by atoms with Crippen LogP contribution in [-0.2, 0) is 27.4 Å². The van der Waals surface area contributed by atoms with E-state index in [2.05, 4.69) is 10.3 Å². The third-order valence-electron chi connectivity index (χ3n) is 3.14. The minimum atomic E-state index is -0.758. The van der Waals surface area contributed by atoms with Crippen molar-refractivity contribution >= 4 is 11.9 Å². The predicted octanol–water partition coefficient (Wildman–Crippen LogP) is 0.811. The zero-order valence-corrected chi connectivity index (χ0v) is 12.6. The lowest BCUT2D eigenvalue weighted by Crippen LogP contribution is -2.44. The first kappa shape index (κ1) is 16.6. The molecule has 1 atom stereocenters. The highest BCUT2D eigenvalue weighted by Crippen LogP contribution is 2.01. The van der Waals surface area contributed by atoms with Crippen LogP contribution in [0.5, 0.6) is 0 Å². The second kappa shape index (κ2) is 8.65. The molecule has 0 fully saturated rings. The Hall–Kier alpha value is -2.73. The van der Waals surface area contributed by atoms with E-state index >= 15 is 0 Å². The van der Waals surface area contributed by atoms with Crippen LogP contribution >= 0.6 is 0 Å². The largest absolute Gasteiger partial charge is 0.460 e. The third kappa shape index (κ3) is 5.88. The van der Waals surface area contributed by atoms with E-state index in [-0.39, 0.29) is 13.2 Å². The number of rotatable bonds is 7. The van der Waals surface area contributed by atoms with Gasteiger partial charge in [0, 0.05) is 18.3 Å². The summed E-state index contributed by atoms with van der Waals surface area (Å²) in [6, 6.07) is 14.0. The summed E-state index contributed by atoms with van der Waals surface area (Å²) >= 11 is 0. The number of amides is 1. The molecule has 6 nitrogen and oxygen atoms in total. The van der Waals surface area contributed by atoms with Gasteiger partial charge in [0.05, 0.1) is 6.04 Å². The Morgan fingerprint density at radius 3 is 2.57 bits per heavy atom. The first-order valence-electron chi connectivity index (χ1n) is 7.28. The fourth-order valence-corrected chi connectivity index (χ4v) is 1.92. The smallest absolute Gasteiger partial charge is 0.325 e. The van der Waals surface area contributed by atoms with E-state index in [9.17, 15) is 9.59 Å². The molecule has 120 valence electrons. The molecular formula is C17H19N3O3. The molecule has 2 aromatic rings. The normalized spacial score (nSPS) is 11.5. The number of aromatic nitrogens is 1. The molecule has 1 amide bonds. The Kier molecular flexibility index (Phi) is 6.26. The van der Waals surface area contributed by atoms with Crippen LogP contribution in [0.2, 0.25) is 0 Å². The summed E-state index contributed by atoms with van der Waals surface area (Å²) in [6.07, 6.45) is 1.95. The van der Waals surface area contributed by atoms with Crippen molar-refractivity contribution in [1.29, 1.82) is 0 Å². The molecule has 6 heteroatoms. The predicted molar refractivity (Wildman–Crippen MR) is 85.2 cm³/mol. The standard InChI is InChI=1S/C17H19N3O3/c18-15(10-14-8-4-5-9-19-14)17(22)20-11-16(21)23-12-13-6-2-1-3-7-13/h1-9,15H,10-12,18H2,(H,20,22)/t15-/m0/s1. The fraction of sp³-hybridized carbons (Fsp3) is 0.235. The quantitative estimate of drug-likeness (QED) is 0.738. The van der Waals surface area contributed by atoms with Crippen molar-refractivity contribution in [3.63, 3.8) is 0 Å². The minimum Gasteiger partial charge on any atom is -0.460 e. The molecule has 1 heterocycles. The Labute approximate surface area is 134 Å². The number of nitrogens with one attached hydrogen (secondary N) is 1. The number of nitrogens with two attached hydrogens (primary N) is 1. The zero-order chi connectivity index (χ0) is 16.5. The van der Waals surface area contributed by atoms with Gasteiger partial charge in [-0.15, -0.1) is 0 Å². The molecule has 3 N–H and O–H groups in total. The van der Waals surface area contributed by atoms with E-state index < -0.39 is 17.9 Å². The second-order valence-corrected chi connectivity index (χ2v) is 5.00. The number of hydrogen-bond acceptors (Lipinski definition) is 5. The monoisotopic (exact) mass is 313 g/mol. The number of hydrogen-bond donors (Lipinski definition) is 2. The molecule has 0 aliphatic rings. The topological polar surface area (TPSA) is 94.3 Å². The highest BCUT2D eigenvalue weighted by Gasteiger charge is 2.15. The zero-order valence-electron chi connectivity index (χ0n) is 12.6. The number of carbonyl (C=O) groups excluding carboxylic acids is 2. The summed E-state index contributed by atoms with van der Waals surface area (Å²) in [5.41, 5.74) is 7.41. The lowest BCUT2D eigenvalue weighted by Gasteiger charge is -2.11. The van der Waals surface area contributed by atoms with Gasteiger partial charge in [0.15, 0.2) is 0 Å². The molecule has 0 unspecified atom stereocenters. The van der Waals surface area contributed by atoms with Crippen LogP contribution in [-0.4, -0.2) is 29.4 Å². The lowest BCUT2D eigenvalue weighted by molar-refractivity contribution is -0.145. The SMILES string of the molecule is N[C@@H](Cc1ccccn1)C(=O)NCC(=O)OCc1ccccc1.